The van der Waals surface area contributed by atoms with Gasteiger partial charge in [-0.25, -0.2) is 8.42 Å². The van der Waals surface area contributed by atoms with E-state index in [1.165, 1.54) is 12.8 Å². The summed E-state index contributed by atoms with van der Waals surface area (Å²) in [6, 6.07) is 1.04. The van der Waals surface area contributed by atoms with Crippen molar-refractivity contribution in [1.82, 2.24) is 19.4 Å². The average molecular weight is 349 g/mol. The van der Waals surface area contributed by atoms with Gasteiger partial charge in [0.1, 0.15) is 4.90 Å². The number of nitrogens with one attached hydrogen (secondary N) is 1. The molecule has 22 heavy (non-hydrogen) atoms. The highest BCUT2D eigenvalue weighted by Crippen LogP contribution is 2.32. The van der Waals surface area contributed by atoms with Gasteiger partial charge >= 0.3 is 0 Å². The van der Waals surface area contributed by atoms with Crippen LogP contribution in [0.1, 0.15) is 37.1 Å². The predicted octanol–water partition coefficient (Wildman–Crippen LogP) is 1.36. The maximum atomic E-state index is 13.0. The molecule has 6 nitrogen and oxygen atoms in total. The normalized spacial score (nSPS) is 28.0. The van der Waals surface area contributed by atoms with Crippen molar-refractivity contribution < 1.29 is 8.42 Å². The first-order valence-electron chi connectivity index (χ1n) is 7.55. The molecule has 0 amide bonds. The predicted molar refractivity (Wildman–Crippen MR) is 87.8 cm³/mol. The van der Waals surface area contributed by atoms with E-state index in [0.29, 0.717) is 28.4 Å². The number of hydrogen-bond acceptors (Lipinski definition) is 4. The van der Waals surface area contributed by atoms with Crippen LogP contribution in [-0.4, -0.2) is 47.7 Å². The van der Waals surface area contributed by atoms with Gasteiger partial charge in [-0.05, 0) is 39.5 Å². The Morgan fingerprint density at radius 3 is 2.23 bits per heavy atom. The molecule has 1 aromatic heterocycles. The number of hydrogen-bond donors (Lipinski definition) is 1. The number of fused-ring (bicyclic) bond motifs is 2. The second-order valence-corrected chi connectivity index (χ2v) is 8.34. The highest BCUT2D eigenvalue weighted by atomic mass is 35.5. The summed E-state index contributed by atoms with van der Waals surface area (Å²) in [5.74, 6) is 0. The van der Waals surface area contributed by atoms with Crippen LogP contribution in [0.4, 0.5) is 0 Å². The molecule has 0 radical (unpaired) electrons. The number of nitrogens with zero attached hydrogens (tertiary/aromatic N) is 3. The second-order valence-electron chi connectivity index (χ2n) is 6.41. The lowest BCUT2D eigenvalue weighted by molar-refractivity contribution is 0.251. The van der Waals surface area contributed by atoms with Crippen LogP contribution < -0.4 is 5.32 Å². The summed E-state index contributed by atoms with van der Waals surface area (Å²) in [5, 5.41) is 7.80. The standard InChI is InChI=1S/C14H24N4O2S.ClH/c1-9-14(10(2)17(3)16-9)21(19,20)18(4)13-7-11-5-6-12(8-13)15-11;/h11-13,15H,5-8H2,1-4H3;1H. The number of sulfonamides is 1. The molecule has 2 aliphatic heterocycles. The Balaban J connectivity index is 0.00000176. The largest absolute Gasteiger partial charge is 0.311 e. The van der Waals surface area contributed by atoms with Crippen molar-refractivity contribution >= 4 is 22.4 Å². The van der Waals surface area contributed by atoms with E-state index in [2.05, 4.69) is 10.4 Å². The zero-order chi connectivity index (χ0) is 15.4. The number of aromatic nitrogens is 2. The minimum Gasteiger partial charge on any atom is -0.311 e. The molecule has 2 aliphatic rings. The SMILES string of the molecule is Cc1nn(C)c(C)c1S(=O)(=O)N(C)C1CC2CCC(C1)N2.Cl. The van der Waals surface area contributed by atoms with E-state index in [4.69, 9.17) is 0 Å². The van der Waals surface area contributed by atoms with Gasteiger partial charge in [-0.3, -0.25) is 4.68 Å². The Labute approximate surface area is 138 Å². The first-order valence-corrected chi connectivity index (χ1v) is 8.99. The Hall–Kier alpha value is -0.630. The Morgan fingerprint density at radius 2 is 1.77 bits per heavy atom. The van der Waals surface area contributed by atoms with E-state index in [9.17, 15) is 8.42 Å². The minimum absolute atomic E-state index is 0. The molecule has 2 atom stereocenters. The van der Waals surface area contributed by atoms with Crippen LogP contribution in [-0.2, 0) is 17.1 Å². The number of piperidine rings is 1. The first kappa shape index (κ1) is 17.7. The van der Waals surface area contributed by atoms with Crippen molar-refractivity contribution in [3.8, 4) is 0 Å². The fourth-order valence-electron chi connectivity index (χ4n) is 3.79. The van der Waals surface area contributed by atoms with Crippen LogP contribution in [0.3, 0.4) is 0 Å². The Kier molecular flexibility index (Phi) is 4.92. The summed E-state index contributed by atoms with van der Waals surface area (Å²) in [5.41, 5.74) is 1.29. The first-order chi connectivity index (χ1) is 9.80. The van der Waals surface area contributed by atoms with E-state index in [-0.39, 0.29) is 18.4 Å². The van der Waals surface area contributed by atoms with Gasteiger partial charge in [-0.15, -0.1) is 12.4 Å². The summed E-state index contributed by atoms with van der Waals surface area (Å²) in [6.45, 7) is 3.58. The Bertz CT molecular complexity index is 646. The molecule has 126 valence electrons. The smallest absolute Gasteiger partial charge is 0.246 e. The van der Waals surface area contributed by atoms with Gasteiger partial charge < -0.3 is 5.32 Å². The average Bonchev–Trinajstić information content (AvgIpc) is 2.88. The monoisotopic (exact) mass is 348 g/mol. The number of rotatable bonds is 3. The number of aryl methyl sites for hydroxylation is 2. The molecule has 8 heteroatoms. The highest BCUT2D eigenvalue weighted by molar-refractivity contribution is 7.89. The maximum absolute atomic E-state index is 13.0. The molecule has 1 N–H and O–H groups in total. The van der Waals surface area contributed by atoms with Crippen molar-refractivity contribution in [2.24, 2.45) is 7.05 Å². The van der Waals surface area contributed by atoms with Gasteiger partial charge in [0.25, 0.3) is 0 Å². The van der Waals surface area contributed by atoms with Gasteiger partial charge in [0.2, 0.25) is 10.0 Å². The van der Waals surface area contributed by atoms with Crippen LogP contribution in [0.15, 0.2) is 4.90 Å². The lowest BCUT2D eigenvalue weighted by Gasteiger charge is -2.34. The molecule has 2 bridgehead atoms. The third-order valence-electron chi connectivity index (χ3n) is 5.04. The van der Waals surface area contributed by atoms with Gasteiger partial charge in [0.05, 0.1) is 11.4 Å². The molecule has 2 unspecified atom stereocenters. The zero-order valence-electron chi connectivity index (χ0n) is 13.5. The lowest BCUT2D eigenvalue weighted by Crippen LogP contribution is -2.48. The van der Waals surface area contributed by atoms with Crippen molar-refractivity contribution in [3.63, 3.8) is 0 Å². The molecular formula is C14H25ClN4O2S. The summed E-state index contributed by atoms with van der Waals surface area (Å²) >= 11 is 0. The summed E-state index contributed by atoms with van der Waals surface area (Å²) in [7, 11) is 0.0268. The molecule has 2 fully saturated rings. The summed E-state index contributed by atoms with van der Waals surface area (Å²) < 4.78 is 29.2. The van der Waals surface area contributed by atoms with Crippen molar-refractivity contribution in [2.45, 2.75) is 62.6 Å². The molecule has 0 aromatic carbocycles. The van der Waals surface area contributed by atoms with E-state index < -0.39 is 10.0 Å². The van der Waals surface area contributed by atoms with Gasteiger partial charge in [0.15, 0.2) is 0 Å². The highest BCUT2D eigenvalue weighted by Gasteiger charge is 2.40. The van der Waals surface area contributed by atoms with Gasteiger partial charge in [-0.1, -0.05) is 0 Å². The van der Waals surface area contributed by atoms with Crippen molar-refractivity contribution in [1.29, 1.82) is 0 Å². The summed E-state index contributed by atoms with van der Waals surface area (Å²) in [4.78, 5) is 0.373. The van der Waals surface area contributed by atoms with Crippen LogP contribution in [0.5, 0.6) is 0 Å². The van der Waals surface area contributed by atoms with E-state index in [1.807, 2.05) is 6.92 Å². The molecule has 3 heterocycles. The van der Waals surface area contributed by atoms with E-state index >= 15 is 0 Å². The molecule has 2 saturated heterocycles. The second kappa shape index (κ2) is 6.11. The third kappa shape index (κ3) is 2.79. The fourth-order valence-corrected chi connectivity index (χ4v) is 5.56. The molecule has 0 aliphatic carbocycles. The molecule has 1 aromatic rings. The van der Waals surface area contributed by atoms with Crippen LogP contribution in [0.2, 0.25) is 0 Å². The van der Waals surface area contributed by atoms with E-state index in [0.717, 1.165) is 12.8 Å². The van der Waals surface area contributed by atoms with Gasteiger partial charge in [0, 0.05) is 32.2 Å². The van der Waals surface area contributed by atoms with Crippen molar-refractivity contribution in [3.05, 3.63) is 11.4 Å². The molecular weight excluding hydrogens is 324 g/mol. The van der Waals surface area contributed by atoms with Crippen LogP contribution in [0.25, 0.3) is 0 Å². The lowest BCUT2D eigenvalue weighted by atomic mass is 10.0. The molecule has 3 rings (SSSR count). The number of halogens is 1. The topological polar surface area (TPSA) is 67.2 Å². The zero-order valence-corrected chi connectivity index (χ0v) is 15.2. The van der Waals surface area contributed by atoms with Crippen molar-refractivity contribution in [2.75, 3.05) is 7.05 Å². The van der Waals surface area contributed by atoms with Gasteiger partial charge in [-0.2, -0.15) is 9.40 Å². The van der Waals surface area contributed by atoms with Crippen LogP contribution >= 0.6 is 12.4 Å². The minimum atomic E-state index is -3.48. The maximum Gasteiger partial charge on any atom is 0.246 e. The molecule has 0 saturated carbocycles. The third-order valence-corrected chi connectivity index (χ3v) is 7.21. The quantitative estimate of drug-likeness (QED) is 0.895. The van der Waals surface area contributed by atoms with E-state index in [1.54, 1.807) is 30.0 Å². The Morgan fingerprint density at radius 1 is 1.23 bits per heavy atom. The van der Waals surface area contributed by atoms with Crippen LogP contribution in [0, 0.1) is 13.8 Å². The summed E-state index contributed by atoms with van der Waals surface area (Å²) in [6.07, 6.45) is 4.15. The molecule has 0 spiro atoms. The fraction of sp³-hybridized carbons (Fsp3) is 0.786.